The van der Waals surface area contributed by atoms with Crippen LogP contribution in [0.3, 0.4) is 0 Å². The van der Waals surface area contributed by atoms with E-state index in [-0.39, 0.29) is 35.1 Å². The molecular formula is C32H35N3O4S2. The number of hydrogen-bond donors (Lipinski definition) is 0. The van der Waals surface area contributed by atoms with Crippen LogP contribution in [0.25, 0.3) is 0 Å². The summed E-state index contributed by atoms with van der Waals surface area (Å²) in [6, 6.07) is 26.2. The van der Waals surface area contributed by atoms with E-state index < -0.39 is 9.84 Å². The van der Waals surface area contributed by atoms with Crippen LogP contribution in [0.15, 0.2) is 83.9 Å². The van der Waals surface area contributed by atoms with Crippen LogP contribution in [0.4, 0.5) is 11.4 Å². The van der Waals surface area contributed by atoms with Gasteiger partial charge < -0.3 is 14.5 Å². The molecule has 6 rings (SSSR count). The lowest BCUT2D eigenvalue weighted by Crippen LogP contribution is -2.38. The molecule has 1 amide bonds. The number of thioether (sulfide) groups is 1. The van der Waals surface area contributed by atoms with Crippen molar-refractivity contribution in [1.82, 2.24) is 0 Å². The second kappa shape index (κ2) is 11.9. The van der Waals surface area contributed by atoms with Crippen LogP contribution in [-0.4, -0.2) is 62.5 Å². The molecule has 3 aromatic rings. The predicted molar refractivity (Wildman–Crippen MR) is 167 cm³/mol. The first kappa shape index (κ1) is 27.8. The third-order valence-electron chi connectivity index (χ3n) is 8.30. The normalized spacial score (nSPS) is 23.1. The molecule has 0 N–H and O–H groups in total. The van der Waals surface area contributed by atoms with Crippen LogP contribution in [0.5, 0.6) is 5.75 Å². The molecule has 0 radical (unpaired) electrons. The van der Waals surface area contributed by atoms with Gasteiger partial charge >= 0.3 is 0 Å². The highest BCUT2D eigenvalue weighted by atomic mass is 32.2. The van der Waals surface area contributed by atoms with Crippen molar-refractivity contribution in [2.75, 3.05) is 41.5 Å². The molecule has 7 nitrogen and oxygen atoms in total. The second-order valence-electron chi connectivity index (χ2n) is 11.1. The highest BCUT2D eigenvalue weighted by molar-refractivity contribution is 8.16. The van der Waals surface area contributed by atoms with Gasteiger partial charge in [-0.05, 0) is 61.1 Å². The van der Waals surface area contributed by atoms with Gasteiger partial charge in [-0.1, -0.05) is 60.3 Å². The number of methoxy groups -OCH3 is 1. The fourth-order valence-corrected chi connectivity index (χ4v) is 10.1. The van der Waals surface area contributed by atoms with E-state index in [4.69, 9.17) is 4.74 Å². The Balaban J connectivity index is 1.17. The van der Waals surface area contributed by atoms with E-state index in [0.717, 1.165) is 43.6 Å². The predicted octanol–water partition coefficient (Wildman–Crippen LogP) is 5.00. The summed E-state index contributed by atoms with van der Waals surface area (Å²) in [5.41, 5.74) is 4.22. The molecule has 41 heavy (non-hydrogen) atoms. The number of fused-ring (bicyclic) bond motifs is 1. The number of para-hydroxylation sites is 1. The highest BCUT2D eigenvalue weighted by Gasteiger charge is 2.49. The number of carbonyl (C=O) groups excluding carboxylic acids is 1. The Morgan fingerprint density at radius 1 is 0.927 bits per heavy atom. The van der Waals surface area contributed by atoms with Gasteiger partial charge in [0.2, 0.25) is 0 Å². The van der Waals surface area contributed by atoms with Gasteiger partial charge in [0.15, 0.2) is 15.0 Å². The van der Waals surface area contributed by atoms with Crippen LogP contribution in [0.2, 0.25) is 0 Å². The van der Waals surface area contributed by atoms with E-state index in [0.29, 0.717) is 16.8 Å². The second-order valence-corrected chi connectivity index (χ2v) is 14.4. The number of nitrogens with zero attached hydrogens (tertiary/aromatic N) is 3. The Labute approximate surface area is 246 Å². The number of anilines is 2. The molecule has 3 aromatic carbocycles. The van der Waals surface area contributed by atoms with Crippen LogP contribution in [0.1, 0.15) is 24.0 Å². The van der Waals surface area contributed by atoms with Crippen LogP contribution in [0, 0.1) is 5.92 Å². The molecule has 3 aliphatic heterocycles. The molecule has 214 valence electrons. The van der Waals surface area contributed by atoms with Crippen LogP contribution in [-0.2, 0) is 27.5 Å². The summed E-state index contributed by atoms with van der Waals surface area (Å²) in [4.78, 5) is 21.9. The zero-order valence-corrected chi connectivity index (χ0v) is 24.8. The van der Waals surface area contributed by atoms with Crippen molar-refractivity contribution in [2.24, 2.45) is 10.9 Å². The summed E-state index contributed by atoms with van der Waals surface area (Å²) >= 11 is 1.40. The molecule has 0 aromatic heterocycles. The standard InChI is InChI=1S/C32H35N3O4S2/c1-39-29-10-6-5-9-25(29)20-31(36)33-32-35(28-21-41(37,38)22-30(28)40-32)27-13-11-26(12-14-27)34-17-15-24(16-18-34)19-23-7-3-2-4-8-23/h2-14,24,28,30H,15-22H2,1H3/t28-,30+/m0/s1. The fraction of sp³-hybridized carbons (Fsp3) is 0.375. The van der Waals surface area contributed by atoms with Crippen molar-refractivity contribution in [3.63, 3.8) is 0 Å². The molecule has 0 saturated carbocycles. The number of piperidine rings is 1. The molecule has 0 bridgehead atoms. The van der Waals surface area contributed by atoms with E-state index in [1.807, 2.05) is 41.3 Å². The molecule has 2 atom stereocenters. The van der Waals surface area contributed by atoms with Crippen molar-refractivity contribution in [3.05, 3.63) is 90.0 Å². The Morgan fingerprint density at radius 2 is 1.61 bits per heavy atom. The van der Waals surface area contributed by atoms with Gasteiger partial charge in [-0.2, -0.15) is 4.99 Å². The Morgan fingerprint density at radius 3 is 2.34 bits per heavy atom. The van der Waals surface area contributed by atoms with Crippen molar-refractivity contribution in [1.29, 1.82) is 0 Å². The first-order valence-electron chi connectivity index (χ1n) is 14.2. The van der Waals surface area contributed by atoms with Crippen molar-refractivity contribution >= 4 is 44.0 Å². The third-order valence-corrected chi connectivity index (χ3v) is 11.5. The fourth-order valence-electron chi connectivity index (χ4n) is 6.19. The minimum absolute atomic E-state index is 0.0705. The van der Waals surface area contributed by atoms with Gasteiger partial charge in [0.05, 0.1) is 31.1 Å². The maximum absolute atomic E-state index is 13.1. The molecule has 3 heterocycles. The third kappa shape index (κ3) is 6.31. The van der Waals surface area contributed by atoms with Gasteiger partial charge in [-0.3, -0.25) is 4.79 Å². The quantitative estimate of drug-likeness (QED) is 0.384. The van der Waals surface area contributed by atoms with E-state index in [9.17, 15) is 13.2 Å². The van der Waals surface area contributed by atoms with E-state index in [2.05, 4.69) is 52.4 Å². The summed E-state index contributed by atoms with van der Waals surface area (Å²) in [5, 5.41) is 0.436. The highest BCUT2D eigenvalue weighted by Crippen LogP contribution is 2.41. The average molecular weight is 590 g/mol. The maximum Gasteiger partial charge on any atom is 0.252 e. The first-order chi connectivity index (χ1) is 19.9. The van der Waals surface area contributed by atoms with Gasteiger partial charge in [-0.25, -0.2) is 8.42 Å². The number of hydrogen-bond acceptors (Lipinski definition) is 6. The van der Waals surface area contributed by atoms with Crippen molar-refractivity contribution < 1.29 is 17.9 Å². The molecular weight excluding hydrogens is 555 g/mol. The first-order valence-corrected chi connectivity index (χ1v) is 16.9. The SMILES string of the molecule is COc1ccccc1CC(=O)N=C1S[C@@H]2CS(=O)(=O)C[C@@H]2N1c1ccc(N2CCC(Cc3ccccc3)CC2)cc1. The van der Waals surface area contributed by atoms with E-state index >= 15 is 0 Å². The molecule has 0 aliphatic carbocycles. The Kier molecular flexibility index (Phi) is 8.08. The molecule has 3 aliphatic rings. The molecule has 9 heteroatoms. The minimum Gasteiger partial charge on any atom is -0.496 e. The lowest BCUT2D eigenvalue weighted by atomic mass is 9.90. The minimum atomic E-state index is -3.14. The summed E-state index contributed by atoms with van der Waals surface area (Å²) in [6.45, 7) is 2.03. The number of carbonyl (C=O) groups is 1. The number of rotatable bonds is 7. The van der Waals surface area contributed by atoms with Crippen LogP contribution >= 0.6 is 11.8 Å². The summed E-state index contributed by atoms with van der Waals surface area (Å²) in [6.07, 6.45) is 3.57. The number of benzene rings is 3. The average Bonchev–Trinajstić information content (AvgIpc) is 3.44. The van der Waals surface area contributed by atoms with Gasteiger partial charge in [0.1, 0.15) is 5.75 Å². The summed E-state index contributed by atoms with van der Waals surface area (Å²) in [7, 11) is -1.55. The zero-order chi connectivity index (χ0) is 28.4. The lowest BCUT2D eigenvalue weighted by Gasteiger charge is -2.34. The number of aliphatic imine (C=N–C) groups is 1. The number of ether oxygens (including phenoxy) is 1. The van der Waals surface area contributed by atoms with E-state index in [1.54, 1.807) is 7.11 Å². The van der Waals surface area contributed by atoms with Crippen molar-refractivity contribution in [2.45, 2.75) is 37.0 Å². The van der Waals surface area contributed by atoms with Gasteiger partial charge in [0.25, 0.3) is 5.91 Å². The number of amidine groups is 1. The molecule has 0 unspecified atom stereocenters. The maximum atomic E-state index is 13.1. The lowest BCUT2D eigenvalue weighted by molar-refractivity contribution is -0.117. The summed E-state index contributed by atoms with van der Waals surface area (Å²) < 4.78 is 30.4. The summed E-state index contributed by atoms with van der Waals surface area (Å²) in [5.74, 6) is 1.25. The van der Waals surface area contributed by atoms with Gasteiger partial charge in [0, 0.05) is 35.3 Å². The van der Waals surface area contributed by atoms with E-state index in [1.165, 1.54) is 23.0 Å². The van der Waals surface area contributed by atoms with Crippen molar-refractivity contribution in [3.8, 4) is 5.75 Å². The van der Waals surface area contributed by atoms with Crippen LogP contribution < -0.4 is 14.5 Å². The Hall–Kier alpha value is -3.30. The topological polar surface area (TPSA) is 79.3 Å². The smallest absolute Gasteiger partial charge is 0.252 e. The molecule has 3 fully saturated rings. The number of sulfone groups is 1. The number of amides is 1. The van der Waals surface area contributed by atoms with Gasteiger partial charge in [-0.15, -0.1) is 0 Å². The zero-order valence-electron chi connectivity index (χ0n) is 23.2. The molecule has 0 spiro atoms. The largest absolute Gasteiger partial charge is 0.496 e. The monoisotopic (exact) mass is 589 g/mol. The molecule has 3 saturated heterocycles. The Bertz CT molecular complexity index is 1520.